The lowest BCUT2D eigenvalue weighted by Gasteiger charge is -2.10. The number of aromatic nitrogens is 1. The lowest BCUT2D eigenvalue weighted by atomic mass is 10.1. The molecule has 0 aliphatic heterocycles. The summed E-state index contributed by atoms with van der Waals surface area (Å²) in [7, 11) is 0. The van der Waals surface area contributed by atoms with E-state index in [1.54, 1.807) is 6.26 Å². The van der Waals surface area contributed by atoms with Crippen LogP contribution in [0, 0.1) is 6.92 Å². The minimum Gasteiger partial charge on any atom is -0.467 e. The fourth-order valence-corrected chi connectivity index (χ4v) is 2.30. The maximum atomic E-state index is 6.18. The second-order valence-electron chi connectivity index (χ2n) is 4.77. The van der Waals surface area contributed by atoms with E-state index in [0.717, 1.165) is 27.9 Å². The molecular formula is C16H16N2O. The number of nitrogens with zero attached hydrogens (tertiary/aromatic N) is 1. The predicted molar refractivity (Wildman–Crippen MR) is 75.8 cm³/mol. The summed E-state index contributed by atoms with van der Waals surface area (Å²) in [6.07, 6.45) is 2.36. The van der Waals surface area contributed by atoms with Crippen LogP contribution in [0.15, 0.2) is 53.1 Å². The van der Waals surface area contributed by atoms with E-state index in [0.29, 0.717) is 6.42 Å². The number of aryl methyl sites for hydroxylation is 1. The van der Waals surface area contributed by atoms with Gasteiger partial charge < -0.3 is 10.2 Å². The van der Waals surface area contributed by atoms with Crippen molar-refractivity contribution >= 4 is 10.9 Å². The average Bonchev–Trinajstić information content (AvgIpc) is 2.85. The van der Waals surface area contributed by atoms with Gasteiger partial charge in [0.05, 0.1) is 17.8 Å². The van der Waals surface area contributed by atoms with Crippen LogP contribution in [0.3, 0.4) is 0 Å². The molecule has 3 heteroatoms. The van der Waals surface area contributed by atoms with E-state index < -0.39 is 0 Å². The lowest BCUT2D eigenvalue weighted by Crippen LogP contribution is -2.14. The molecule has 2 N–H and O–H groups in total. The summed E-state index contributed by atoms with van der Waals surface area (Å²) >= 11 is 0. The molecule has 3 nitrogen and oxygen atoms in total. The molecule has 0 fully saturated rings. The van der Waals surface area contributed by atoms with Gasteiger partial charge in [-0.05, 0) is 30.7 Å². The molecule has 0 spiro atoms. The Labute approximate surface area is 112 Å². The molecule has 0 bridgehead atoms. The van der Waals surface area contributed by atoms with Gasteiger partial charge in [0.2, 0.25) is 0 Å². The van der Waals surface area contributed by atoms with Gasteiger partial charge in [0.15, 0.2) is 0 Å². The molecule has 0 amide bonds. The summed E-state index contributed by atoms with van der Waals surface area (Å²) in [5.74, 6) is 0.843. The van der Waals surface area contributed by atoms with Crippen LogP contribution in [0.2, 0.25) is 0 Å². The van der Waals surface area contributed by atoms with Gasteiger partial charge in [0.1, 0.15) is 5.76 Å². The quantitative estimate of drug-likeness (QED) is 0.777. The zero-order valence-corrected chi connectivity index (χ0v) is 10.8. The fraction of sp³-hybridized carbons (Fsp3) is 0.188. The summed E-state index contributed by atoms with van der Waals surface area (Å²) in [4.78, 5) is 4.63. The van der Waals surface area contributed by atoms with E-state index in [1.165, 1.54) is 0 Å². The number of fused-ring (bicyclic) bond motifs is 1. The number of pyridine rings is 1. The van der Waals surface area contributed by atoms with Gasteiger partial charge in [-0.2, -0.15) is 0 Å². The largest absolute Gasteiger partial charge is 0.467 e. The summed E-state index contributed by atoms with van der Waals surface area (Å²) < 4.78 is 5.43. The van der Waals surface area contributed by atoms with E-state index in [2.05, 4.69) is 17.1 Å². The van der Waals surface area contributed by atoms with Gasteiger partial charge in [-0.25, -0.2) is 0 Å². The highest BCUT2D eigenvalue weighted by atomic mass is 16.3. The number of furan rings is 1. The second-order valence-corrected chi connectivity index (χ2v) is 4.77. The Hall–Kier alpha value is -2.13. The molecule has 19 heavy (non-hydrogen) atoms. The highest BCUT2D eigenvalue weighted by molar-refractivity contribution is 5.78. The first-order chi connectivity index (χ1) is 9.24. The number of hydrogen-bond donors (Lipinski definition) is 1. The van der Waals surface area contributed by atoms with Crippen molar-refractivity contribution in [2.75, 3.05) is 0 Å². The van der Waals surface area contributed by atoms with Crippen LogP contribution in [0.5, 0.6) is 0 Å². The van der Waals surface area contributed by atoms with Crippen LogP contribution in [0.25, 0.3) is 10.9 Å². The van der Waals surface area contributed by atoms with E-state index in [1.807, 2.05) is 37.3 Å². The maximum Gasteiger partial charge on any atom is 0.123 e. The van der Waals surface area contributed by atoms with Crippen LogP contribution < -0.4 is 5.73 Å². The van der Waals surface area contributed by atoms with Crippen molar-refractivity contribution in [3.05, 3.63) is 65.7 Å². The van der Waals surface area contributed by atoms with Crippen molar-refractivity contribution in [2.45, 2.75) is 19.4 Å². The molecule has 1 unspecified atom stereocenters. The summed E-state index contributed by atoms with van der Waals surface area (Å²) in [6, 6.07) is 14.0. The third kappa shape index (κ3) is 2.37. The second kappa shape index (κ2) is 4.86. The lowest BCUT2D eigenvalue weighted by molar-refractivity contribution is 0.460. The average molecular weight is 252 g/mol. The van der Waals surface area contributed by atoms with Crippen molar-refractivity contribution in [1.29, 1.82) is 0 Å². The summed E-state index contributed by atoms with van der Waals surface area (Å²) in [5.41, 5.74) is 9.26. The SMILES string of the molecule is Cc1ccoc1C(N)Cc1ccc2ccccc2n1. The Bertz CT molecular complexity index is 703. The van der Waals surface area contributed by atoms with Crippen LogP contribution in [0.4, 0.5) is 0 Å². The first-order valence-corrected chi connectivity index (χ1v) is 6.38. The number of rotatable bonds is 3. The smallest absolute Gasteiger partial charge is 0.123 e. The van der Waals surface area contributed by atoms with Gasteiger partial charge in [0.25, 0.3) is 0 Å². The van der Waals surface area contributed by atoms with Gasteiger partial charge in [0, 0.05) is 17.5 Å². The van der Waals surface area contributed by atoms with Gasteiger partial charge >= 0.3 is 0 Å². The standard InChI is InChI=1S/C16H16N2O/c1-11-8-9-19-16(11)14(17)10-13-7-6-12-4-2-3-5-15(12)18-13/h2-9,14H,10,17H2,1H3. The van der Waals surface area contributed by atoms with E-state index in [4.69, 9.17) is 10.2 Å². The summed E-state index contributed by atoms with van der Waals surface area (Å²) in [6.45, 7) is 2.01. The van der Waals surface area contributed by atoms with Crippen molar-refractivity contribution in [3.8, 4) is 0 Å². The Morgan fingerprint density at radius 1 is 1.16 bits per heavy atom. The zero-order chi connectivity index (χ0) is 13.2. The topological polar surface area (TPSA) is 52.0 Å². The Morgan fingerprint density at radius 2 is 2.00 bits per heavy atom. The molecular weight excluding hydrogens is 236 g/mol. The predicted octanol–water partition coefficient (Wildman–Crippen LogP) is 3.38. The first kappa shape index (κ1) is 11.9. The van der Waals surface area contributed by atoms with E-state index in [9.17, 15) is 0 Å². The molecule has 0 saturated carbocycles. The fourth-order valence-electron chi connectivity index (χ4n) is 2.30. The third-order valence-corrected chi connectivity index (χ3v) is 3.32. The first-order valence-electron chi connectivity index (χ1n) is 6.38. The Balaban J connectivity index is 1.87. The third-order valence-electron chi connectivity index (χ3n) is 3.32. The normalized spacial score (nSPS) is 12.7. The van der Waals surface area contributed by atoms with Crippen molar-refractivity contribution < 1.29 is 4.42 Å². The number of para-hydroxylation sites is 1. The molecule has 0 saturated heterocycles. The van der Waals surface area contributed by atoms with Gasteiger partial charge in [-0.1, -0.05) is 24.3 Å². The van der Waals surface area contributed by atoms with Gasteiger partial charge in [-0.15, -0.1) is 0 Å². The molecule has 0 radical (unpaired) electrons. The van der Waals surface area contributed by atoms with E-state index in [-0.39, 0.29) is 6.04 Å². The number of nitrogens with two attached hydrogens (primary N) is 1. The number of benzene rings is 1. The highest BCUT2D eigenvalue weighted by Gasteiger charge is 2.13. The van der Waals surface area contributed by atoms with Gasteiger partial charge in [-0.3, -0.25) is 4.98 Å². The Kier molecular flexibility index (Phi) is 3.05. The molecule has 3 rings (SSSR count). The number of hydrogen-bond acceptors (Lipinski definition) is 3. The van der Waals surface area contributed by atoms with Crippen LogP contribution in [-0.4, -0.2) is 4.98 Å². The van der Waals surface area contributed by atoms with Crippen molar-refractivity contribution in [2.24, 2.45) is 5.73 Å². The molecule has 2 heterocycles. The van der Waals surface area contributed by atoms with Crippen LogP contribution >= 0.6 is 0 Å². The Morgan fingerprint density at radius 3 is 2.79 bits per heavy atom. The zero-order valence-electron chi connectivity index (χ0n) is 10.8. The molecule has 3 aromatic rings. The van der Waals surface area contributed by atoms with Crippen molar-refractivity contribution in [3.63, 3.8) is 0 Å². The molecule has 96 valence electrons. The van der Waals surface area contributed by atoms with Crippen molar-refractivity contribution in [1.82, 2.24) is 4.98 Å². The molecule has 0 aliphatic rings. The van der Waals surface area contributed by atoms with Crippen LogP contribution in [0.1, 0.15) is 23.1 Å². The highest BCUT2D eigenvalue weighted by Crippen LogP contribution is 2.21. The van der Waals surface area contributed by atoms with Crippen LogP contribution in [-0.2, 0) is 6.42 Å². The monoisotopic (exact) mass is 252 g/mol. The minimum absolute atomic E-state index is 0.149. The summed E-state index contributed by atoms with van der Waals surface area (Å²) in [5, 5.41) is 1.15. The minimum atomic E-state index is -0.149. The molecule has 1 aromatic carbocycles. The molecule has 2 aromatic heterocycles. The maximum absolute atomic E-state index is 6.18. The molecule has 0 aliphatic carbocycles. The molecule has 1 atom stereocenters. The van der Waals surface area contributed by atoms with E-state index >= 15 is 0 Å².